The molecule has 4 unspecified atom stereocenters. The summed E-state index contributed by atoms with van der Waals surface area (Å²) in [5.41, 5.74) is 0. The van der Waals surface area contributed by atoms with Gasteiger partial charge in [0.2, 0.25) is 5.91 Å². The zero-order valence-electron chi connectivity index (χ0n) is 11.7. The van der Waals surface area contributed by atoms with Crippen molar-refractivity contribution in [1.29, 1.82) is 0 Å². The third kappa shape index (κ3) is 3.26. The van der Waals surface area contributed by atoms with E-state index >= 15 is 0 Å². The molecule has 2 aliphatic heterocycles. The summed E-state index contributed by atoms with van der Waals surface area (Å²) < 4.78 is 5.45. The molecular formula is C14H23NO4. The van der Waals surface area contributed by atoms with Crippen LogP contribution in [0.1, 0.15) is 39.5 Å². The van der Waals surface area contributed by atoms with Gasteiger partial charge in [0.15, 0.2) is 0 Å². The lowest BCUT2D eigenvalue weighted by molar-refractivity contribution is -0.157. The molecule has 0 aromatic rings. The first-order valence-electron chi connectivity index (χ1n) is 7.14. The van der Waals surface area contributed by atoms with Crippen LogP contribution < -0.4 is 0 Å². The number of hydrogen-bond acceptors (Lipinski definition) is 3. The summed E-state index contributed by atoms with van der Waals surface area (Å²) in [7, 11) is 0. The van der Waals surface area contributed by atoms with Gasteiger partial charge in [0.1, 0.15) is 6.04 Å². The second kappa shape index (κ2) is 5.90. The van der Waals surface area contributed by atoms with Crippen molar-refractivity contribution >= 4 is 11.9 Å². The zero-order chi connectivity index (χ0) is 14.0. The maximum absolute atomic E-state index is 12.5. The minimum Gasteiger partial charge on any atom is -0.480 e. The Labute approximate surface area is 113 Å². The van der Waals surface area contributed by atoms with Crippen molar-refractivity contribution in [2.45, 2.75) is 51.7 Å². The number of aliphatic carboxylic acids is 1. The predicted molar refractivity (Wildman–Crippen MR) is 69.7 cm³/mol. The highest BCUT2D eigenvalue weighted by molar-refractivity contribution is 5.85. The Morgan fingerprint density at radius 2 is 1.95 bits per heavy atom. The molecule has 2 heterocycles. The van der Waals surface area contributed by atoms with Crippen LogP contribution in [-0.4, -0.2) is 47.2 Å². The Morgan fingerprint density at radius 3 is 2.58 bits per heavy atom. The lowest BCUT2D eigenvalue weighted by Crippen LogP contribution is -2.52. The summed E-state index contributed by atoms with van der Waals surface area (Å²) >= 11 is 0. The van der Waals surface area contributed by atoms with Crippen LogP contribution in [-0.2, 0) is 14.3 Å². The summed E-state index contributed by atoms with van der Waals surface area (Å²) in [6.07, 6.45) is 2.97. The SMILES string of the molecule is CC1CCN(C(=O)C2CCOC(C)C2)C(C(=O)O)C1. The van der Waals surface area contributed by atoms with Crippen molar-refractivity contribution in [2.75, 3.05) is 13.2 Å². The molecule has 0 aromatic carbocycles. The highest BCUT2D eigenvalue weighted by Crippen LogP contribution is 2.28. The molecule has 1 amide bonds. The predicted octanol–water partition coefficient (Wildman–Crippen LogP) is 1.51. The summed E-state index contributed by atoms with van der Waals surface area (Å²) in [6, 6.07) is -0.644. The van der Waals surface area contributed by atoms with E-state index in [-0.39, 0.29) is 17.9 Å². The van der Waals surface area contributed by atoms with E-state index in [4.69, 9.17) is 4.74 Å². The van der Waals surface area contributed by atoms with Gasteiger partial charge in [-0.3, -0.25) is 4.79 Å². The first kappa shape index (κ1) is 14.3. The first-order valence-corrected chi connectivity index (χ1v) is 7.14. The van der Waals surface area contributed by atoms with Crippen molar-refractivity contribution < 1.29 is 19.4 Å². The molecule has 4 atom stereocenters. The van der Waals surface area contributed by atoms with E-state index in [0.29, 0.717) is 38.3 Å². The van der Waals surface area contributed by atoms with Crippen LogP contribution >= 0.6 is 0 Å². The topological polar surface area (TPSA) is 66.8 Å². The number of carbonyl (C=O) groups excluding carboxylic acids is 1. The summed E-state index contributed by atoms with van der Waals surface area (Å²) in [4.78, 5) is 25.5. The molecule has 0 aliphatic carbocycles. The molecule has 0 spiro atoms. The fourth-order valence-corrected chi connectivity index (χ4v) is 3.10. The maximum atomic E-state index is 12.5. The maximum Gasteiger partial charge on any atom is 0.326 e. The third-order valence-electron chi connectivity index (χ3n) is 4.27. The van der Waals surface area contributed by atoms with Crippen LogP contribution in [0.4, 0.5) is 0 Å². The number of piperidine rings is 1. The summed E-state index contributed by atoms with van der Waals surface area (Å²) in [6.45, 7) is 5.18. The van der Waals surface area contributed by atoms with E-state index in [0.717, 1.165) is 6.42 Å². The molecule has 2 fully saturated rings. The third-order valence-corrected chi connectivity index (χ3v) is 4.27. The van der Waals surface area contributed by atoms with Gasteiger partial charge in [-0.25, -0.2) is 4.79 Å². The number of amides is 1. The molecule has 2 saturated heterocycles. The number of nitrogens with zero attached hydrogens (tertiary/aromatic N) is 1. The lowest BCUT2D eigenvalue weighted by Gasteiger charge is -2.39. The average molecular weight is 269 g/mol. The largest absolute Gasteiger partial charge is 0.480 e. The van der Waals surface area contributed by atoms with E-state index in [1.807, 2.05) is 13.8 Å². The number of hydrogen-bond donors (Lipinski definition) is 1. The van der Waals surface area contributed by atoms with Crippen molar-refractivity contribution in [3.63, 3.8) is 0 Å². The van der Waals surface area contributed by atoms with E-state index in [1.54, 1.807) is 4.90 Å². The molecule has 5 heteroatoms. The number of carbonyl (C=O) groups is 2. The number of carboxylic acids is 1. The van der Waals surface area contributed by atoms with Gasteiger partial charge >= 0.3 is 5.97 Å². The van der Waals surface area contributed by atoms with E-state index in [1.165, 1.54) is 0 Å². The molecule has 2 rings (SSSR count). The van der Waals surface area contributed by atoms with Gasteiger partial charge in [0.25, 0.3) is 0 Å². The van der Waals surface area contributed by atoms with Gasteiger partial charge in [-0.1, -0.05) is 6.92 Å². The van der Waals surface area contributed by atoms with Crippen molar-refractivity contribution in [3.05, 3.63) is 0 Å². The molecular weight excluding hydrogens is 246 g/mol. The number of likely N-dealkylation sites (tertiary alicyclic amines) is 1. The van der Waals surface area contributed by atoms with Crippen molar-refractivity contribution in [2.24, 2.45) is 11.8 Å². The second-order valence-corrected chi connectivity index (χ2v) is 5.92. The average Bonchev–Trinajstić information content (AvgIpc) is 2.37. The molecule has 1 N–H and O–H groups in total. The number of carboxylic acid groups (broad SMARTS) is 1. The Kier molecular flexibility index (Phi) is 4.45. The Hall–Kier alpha value is -1.10. The monoisotopic (exact) mass is 269 g/mol. The van der Waals surface area contributed by atoms with Crippen LogP contribution in [0, 0.1) is 11.8 Å². The molecule has 0 radical (unpaired) electrons. The van der Waals surface area contributed by atoms with Crippen LogP contribution in [0.5, 0.6) is 0 Å². The Balaban J connectivity index is 2.05. The van der Waals surface area contributed by atoms with Crippen LogP contribution in [0.25, 0.3) is 0 Å². The first-order chi connectivity index (χ1) is 8.99. The lowest BCUT2D eigenvalue weighted by atomic mass is 9.89. The molecule has 5 nitrogen and oxygen atoms in total. The molecule has 0 bridgehead atoms. The van der Waals surface area contributed by atoms with E-state index < -0.39 is 12.0 Å². The van der Waals surface area contributed by atoms with E-state index in [9.17, 15) is 14.7 Å². The highest BCUT2D eigenvalue weighted by Gasteiger charge is 2.38. The summed E-state index contributed by atoms with van der Waals surface area (Å²) in [5.74, 6) is -0.563. The van der Waals surface area contributed by atoms with Crippen LogP contribution in [0.3, 0.4) is 0 Å². The number of ether oxygens (including phenoxy) is 1. The van der Waals surface area contributed by atoms with Crippen molar-refractivity contribution in [3.8, 4) is 0 Å². The standard InChI is InChI=1S/C14H23NO4/c1-9-3-5-15(12(7-9)14(17)18)13(16)11-4-6-19-10(2)8-11/h9-12H,3-8H2,1-2H3,(H,17,18). The van der Waals surface area contributed by atoms with Gasteiger partial charge in [-0.05, 0) is 38.5 Å². The van der Waals surface area contributed by atoms with Crippen LogP contribution in [0.2, 0.25) is 0 Å². The highest BCUT2D eigenvalue weighted by atomic mass is 16.5. The molecule has 19 heavy (non-hydrogen) atoms. The van der Waals surface area contributed by atoms with Gasteiger partial charge < -0.3 is 14.7 Å². The minimum absolute atomic E-state index is 0.00875. The fourth-order valence-electron chi connectivity index (χ4n) is 3.10. The smallest absolute Gasteiger partial charge is 0.326 e. The van der Waals surface area contributed by atoms with Crippen molar-refractivity contribution in [1.82, 2.24) is 4.90 Å². The summed E-state index contributed by atoms with van der Waals surface area (Å²) in [5, 5.41) is 9.31. The van der Waals surface area contributed by atoms with Gasteiger partial charge in [-0.15, -0.1) is 0 Å². The molecule has 108 valence electrons. The molecule has 0 aromatic heterocycles. The van der Waals surface area contributed by atoms with Gasteiger partial charge in [0.05, 0.1) is 6.10 Å². The zero-order valence-corrected chi connectivity index (χ0v) is 11.7. The normalized spacial score (nSPS) is 36.0. The minimum atomic E-state index is -0.875. The number of rotatable bonds is 2. The molecule has 2 aliphatic rings. The van der Waals surface area contributed by atoms with Gasteiger partial charge in [-0.2, -0.15) is 0 Å². The Bertz CT molecular complexity index is 357. The quantitative estimate of drug-likeness (QED) is 0.825. The van der Waals surface area contributed by atoms with Gasteiger partial charge in [0, 0.05) is 19.1 Å². The fraction of sp³-hybridized carbons (Fsp3) is 0.857. The Morgan fingerprint density at radius 1 is 1.21 bits per heavy atom. The second-order valence-electron chi connectivity index (χ2n) is 5.92. The van der Waals surface area contributed by atoms with Crippen LogP contribution in [0.15, 0.2) is 0 Å². The van der Waals surface area contributed by atoms with E-state index in [2.05, 4.69) is 0 Å². The molecule has 0 saturated carbocycles.